The Bertz CT molecular complexity index is 1660. The zero-order chi connectivity index (χ0) is 45.5. The minimum absolute atomic E-state index is 0.0469. The van der Waals surface area contributed by atoms with Crippen LogP contribution >= 0.6 is 0 Å². The summed E-state index contributed by atoms with van der Waals surface area (Å²) in [4.78, 5) is 52.8. The van der Waals surface area contributed by atoms with Crippen LogP contribution in [0, 0.1) is 10.8 Å². The Kier molecular flexibility index (Phi) is 19.6. The Morgan fingerprint density at radius 2 is 1.66 bits per heavy atom. The molecular formula is C47H70O15. The van der Waals surface area contributed by atoms with E-state index in [-0.39, 0.29) is 44.5 Å². The van der Waals surface area contributed by atoms with Crippen LogP contribution in [-0.2, 0) is 63.7 Å². The number of esters is 4. The molecule has 1 unspecified atom stereocenters. The van der Waals surface area contributed by atoms with Crippen LogP contribution < -0.4 is 0 Å². The molecule has 2 saturated heterocycles. The number of cyclic esters (lactones) is 2. The Labute approximate surface area is 366 Å². The van der Waals surface area contributed by atoms with Gasteiger partial charge in [0.05, 0.1) is 70.3 Å². The SMILES string of the molecule is CCCCCCCC(=O)O[C@H]1/C(=C/C(=O)OC)C[C@H]2CC([C@@H](C)OCc3ccccc3)OC(=O)C[C@H](O)CC(=O)OCC(C)(C)[C@@H](O)C[C@@H]3CCO[C@H](/C=C/C(C)(C)[C@]1(O)O2)O3. The number of carbonyl (C=O) groups excluding carboxylic acids is 4. The van der Waals surface area contributed by atoms with E-state index in [1.54, 1.807) is 46.8 Å². The van der Waals surface area contributed by atoms with Crippen molar-refractivity contribution >= 4 is 23.9 Å². The van der Waals surface area contributed by atoms with Crippen molar-refractivity contribution in [2.24, 2.45) is 10.8 Å². The molecule has 62 heavy (non-hydrogen) atoms. The zero-order valence-corrected chi connectivity index (χ0v) is 37.6. The molecule has 3 N–H and O–H groups in total. The van der Waals surface area contributed by atoms with Gasteiger partial charge in [0.15, 0.2) is 12.4 Å². The van der Waals surface area contributed by atoms with E-state index in [2.05, 4.69) is 6.92 Å². The largest absolute Gasteiger partial charge is 0.466 e. The number of aliphatic hydroxyl groups is 3. The first-order valence-corrected chi connectivity index (χ1v) is 22.1. The average Bonchev–Trinajstić information content (AvgIpc) is 3.22. The Balaban J connectivity index is 1.76. The summed E-state index contributed by atoms with van der Waals surface area (Å²) in [6.45, 7) is 11.0. The van der Waals surface area contributed by atoms with E-state index in [1.807, 2.05) is 30.3 Å². The van der Waals surface area contributed by atoms with Gasteiger partial charge in [-0.1, -0.05) is 96.7 Å². The number of aliphatic hydroxyl groups excluding tert-OH is 2. The molecule has 0 aliphatic carbocycles. The number of methoxy groups -OCH3 is 1. The van der Waals surface area contributed by atoms with Gasteiger partial charge in [0.2, 0.25) is 5.79 Å². The molecule has 348 valence electrons. The quantitative estimate of drug-likeness (QED) is 0.0733. The van der Waals surface area contributed by atoms with Crippen molar-refractivity contribution in [3.63, 3.8) is 0 Å². The van der Waals surface area contributed by atoms with Gasteiger partial charge in [-0.3, -0.25) is 14.4 Å². The molecule has 4 bridgehead atoms. The molecule has 0 amide bonds. The van der Waals surface area contributed by atoms with Crippen LogP contribution in [-0.4, -0.2) is 114 Å². The monoisotopic (exact) mass is 874 g/mol. The predicted molar refractivity (Wildman–Crippen MR) is 226 cm³/mol. The van der Waals surface area contributed by atoms with Gasteiger partial charge < -0.3 is 53.2 Å². The van der Waals surface area contributed by atoms with Crippen LogP contribution in [0.4, 0.5) is 0 Å². The molecule has 15 heteroatoms. The summed E-state index contributed by atoms with van der Waals surface area (Å²) >= 11 is 0. The lowest BCUT2D eigenvalue weighted by molar-refractivity contribution is -0.328. The van der Waals surface area contributed by atoms with Crippen LogP contribution in [0.3, 0.4) is 0 Å². The highest BCUT2D eigenvalue weighted by Crippen LogP contribution is 2.47. The van der Waals surface area contributed by atoms with E-state index in [9.17, 15) is 34.5 Å². The average molecular weight is 875 g/mol. The number of fused-ring (bicyclic) bond motifs is 4. The lowest BCUT2D eigenvalue weighted by Crippen LogP contribution is -2.62. The zero-order valence-electron chi connectivity index (χ0n) is 37.6. The van der Waals surface area contributed by atoms with Crippen molar-refractivity contribution in [3.05, 3.63) is 59.7 Å². The van der Waals surface area contributed by atoms with Crippen LogP contribution in [0.2, 0.25) is 0 Å². The maximum absolute atomic E-state index is 13.5. The Morgan fingerprint density at radius 3 is 2.37 bits per heavy atom. The molecule has 0 radical (unpaired) electrons. The van der Waals surface area contributed by atoms with Gasteiger partial charge in [-0.05, 0) is 43.4 Å². The summed E-state index contributed by atoms with van der Waals surface area (Å²) in [5.74, 6) is -5.27. The third kappa shape index (κ3) is 15.2. The lowest BCUT2D eigenvalue weighted by atomic mass is 9.74. The van der Waals surface area contributed by atoms with Crippen LogP contribution in [0.25, 0.3) is 0 Å². The van der Waals surface area contributed by atoms with Gasteiger partial charge in [0.25, 0.3) is 0 Å². The second-order valence-electron chi connectivity index (χ2n) is 18.0. The Hall–Kier alpha value is -3.70. The first kappa shape index (κ1) is 50.9. The van der Waals surface area contributed by atoms with Crippen molar-refractivity contribution in [1.82, 2.24) is 0 Å². The van der Waals surface area contributed by atoms with Crippen molar-refractivity contribution in [2.45, 2.75) is 180 Å². The van der Waals surface area contributed by atoms with Crippen LogP contribution in [0.1, 0.15) is 124 Å². The Morgan fingerprint density at radius 1 is 0.952 bits per heavy atom. The fourth-order valence-electron chi connectivity index (χ4n) is 7.66. The predicted octanol–water partition coefficient (Wildman–Crippen LogP) is 5.93. The van der Waals surface area contributed by atoms with E-state index >= 15 is 0 Å². The molecule has 3 aliphatic rings. The third-order valence-electron chi connectivity index (χ3n) is 11.8. The molecule has 2 fully saturated rings. The van der Waals surface area contributed by atoms with E-state index in [1.165, 1.54) is 13.2 Å². The summed E-state index contributed by atoms with van der Waals surface area (Å²) < 4.78 is 47.5. The minimum atomic E-state index is -2.34. The number of rotatable bonds is 12. The molecule has 9 atom stereocenters. The minimum Gasteiger partial charge on any atom is -0.466 e. The van der Waals surface area contributed by atoms with Gasteiger partial charge >= 0.3 is 23.9 Å². The highest BCUT2D eigenvalue weighted by atomic mass is 16.7. The van der Waals surface area contributed by atoms with Crippen molar-refractivity contribution in [2.75, 3.05) is 20.3 Å². The summed E-state index contributed by atoms with van der Waals surface area (Å²) in [5, 5.41) is 35.1. The molecule has 0 spiro atoms. The third-order valence-corrected chi connectivity index (χ3v) is 11.8. The molecule has 3 heterocycles. The number of carbonyl (C=O) groups is 4. The molecule has 0 saturated carbocycles. The molecule has 4 rings (SSSR count). The highest BCUT2D eigenvalue weighted by molar-refractivity contribution is 5.83. The van der Waals surface area contributed by atoms with E-state index < -0.39 is 102 Å². The molecule has 1 aromatic rings. The smallest absolute Gasteiger partial charge is 0.330 e. The van der Waals surface area contributed by atoms with E-state index in [0.29, 0.717) is 19.4 Å². The number of hydrogen-bond acceptors (Lipinski definition) is 15. The fourth-order valence-corrected chi connectivity index (χ4v) is 7.66. The normalized spacial score (nSPS) is 31.6. The maximum atomic E-state index is 13.5. The first-order chi connectivity index (χ1) is 29.3. The number of hydrogen-bond donors (Lipinski definition) is 3. The highest BCUT2D eigenvalue weighted by Gasteiger charge is 2.58. The van der Waals surface area contributed by atoms with Gasteiger partial charge in [0.1, 0.15) is 6.10 Å². The molecule has 0 aromatic heterocycles. The second-order valence-corrected chi connectivity index (χ2v) is 18.0. The summed E-state index contributed by atoms with van der Waals surface area (Å²) in [6.07, 6.45) is 0.411. The summed E-state index contributed by atoms with van der Waals surface area (Å²) in [5.41, 5.74) is -1.21. The van der Waals surface area contributed by atoms with Gasteiger partial charge in [-0.2, -0.15) is 0 Å². The molecule has 3 aliphatic heterocycles. The number of benzene rings is 1. The standard InChI is InChI=1S/C47H70O15/c1-8-9-10-11-15-18-39(50)61-44-33(24-40(51)55-7)23-36-27-37(31(2)57-29-32-16-13-12-14-17-32)60-42(53)26-34(48)25-41(52)58-30-45(3,4)38(49)28-35-20-22-56-43(59-35)19-21-46(5,6)47(44,54)62-36/h12-14,16-17,19,21,24,31,34-38,43-44,48-49,54H,8-11,15,18,20,22-23,25-30H2,1-7H3/b21-19+,33-24+/t31-,34-,35+,36+,37?,38+,43+,44+,47-/m1/s1. The molecular weight excluding hydrogens is 805 g/mol. The van der Waals surface area contributed by atoms with Crippen molar-refractivity contribution in [3.8, 4) is 0 Å². The van der Waals surface area contributed by atoms with Gasteiger partial charge in [0, 0.05) is 36.2 Å². The topological polar surface area (TPSA) is 203 Å². The van der Waals surface area contributed by atoms with E-state index in [4.69, 9.17) is 37.9 Å². The summed E-state index contributed by atoms with van der Waals surface area (Å²) in [7, 11) is 1.21. The number of ether oxygens (including phenoxy) is 8. The van der Waals surface area contributed by atoms with Crippen LogP contribution in [0.15, 0.2) is 54.1 Å². The first-order valence-electron chi connectivity index (χ1n) is 22.1. The molecule has 1 aromatic carbocycles. The maximum Gasteiger partial charge on any atom is 0.330 e. The lowest BCUT2D eigenvalue weighted by Gasteiger charge is -2.51. The van der Waals surface area contributed by atoms with Crippen LogP contribution in [0.5, 0.6) is 0 Å². The van der Waals surface area contributed by atoms with Crippen molar-refractivity contribution < 1.29 is 72.4 Å². The molecule has 15 nitrogen and oxygen atoms in total. The van der Waals surface area contributed by atoms with Crippen molar-refractivity contribution in [1.29, 1.82) is 0 Å². The fraction of sp³-hybridized carbons (Fsp3) is 0.702. The second kappa shape index (κ2) is 23.8. The summed E-state index contributed by atoms with van der Waals surface area (Å²) in [6, 6.07) is 9.37. The van der Waals surface area contributed by atoms with Gasteiger partial charge in [-0.25, -0.2) is 4.79 Å². The number of unbranched alkanes of at least 4 members (excludes halogenated alkanes) is 4. The van der Waals surface area contributed by atoms with E-state index in [0.717, 1.165) is 31.2 Å². The van der Waals surface area contributed by atoms with Gasteiger partial charge in [-0.15, -0.1) is 0 Å².